The predicted octanol–water partition coefficient (Wildman–Crippen LogP) is 3.62. The summed E-state index contributed by atoms with van der Waals surface area (Å²) in [4.78, 5) is 0. The maximum Gasteiger partial charge on any atom is 0.191 e. The molecule has 3 rings (SSSR count). The molecule has 0 amide bonds. The van der Waals surface area contributed by atoms with Crippen molar-refractivity contribution in [2.75, 3.05) is 6.61 Å². The molecule has 1 aromatic heterocycles. The molecule has 0 radical (unpaired) electrons. The minimum absolute atomic E-state index is 0.319. The normalized spacial score (nSPS) is 18.0. The van der Waals surface area contributed by atoms with Crippen molar-refractivity contribution in [1.82, 2.24) is 14.8 Å². The summed E-state index contributed by atoms with van der Waals surface area (Å²) >= 11 is 1.76. The van der Waals surface area contributed by atoms with Gasteiger partial charge < -0.3 is 9.30 Å². The van der Waals surface area contributed by atoms with Crippen molar-refractivity contribution in [3.63, 3.8) is 0 Å². The van der Waals surface area contributed by atoms with Crippen molar-refractivity contribution in [3.8, 4) is 0 Å². The zero-order valence-electron chi connectivity index (χ0n) is 13.3. The fourth-order valence-corrected chi connectivity index (χ4v) is 3.62. The Bertz CT molecular complexity index is 603. The fraction of sp³-hybridized carbons (Fsp3) is 0.529. The number of aryl methyl sites for hydroxylation is 2. The Morgan fingerprint density at radius 1 is 1.27 bits per heavy atom. The van der Waals surface area contributed by atoms with E-state index in [0.29, 0.717) is 6.10 Å². The molecule has 0 saturated carbocycles. The third-order valence-corrected chi connectivity index (χ3v) is 5.05. The molecule has 5 heteroatoms. The van der Waals surface area contributed by atoms with Crippen molar-refractivity contribution in [2.24, 2.45) is 0 Å². The van der Waals surface area contributed by atoms with Crippen molar-refractivity contribution in [2.45, 2.75) is 56.7 Å². The lowest BCUT2D eigenvalue weighted by atomic mass is 10.2. The van der Waals surface area contributed by atoms with E-state index < -0.39 is 0 Å². The second-order valence-electron chi connectivity index (χ2n) is 5.77. The Kier molecular flexibility index (Phi) is 5.16. The van der Waals surface area contributed by atoms with Crippen molar-refractivity contribution >= 4 is 11.8 Å². The summed E-state index contributed by atoms with van der Waals surface area (Å²) < 4.78 is 8.02. The maximum atomic E-state index is 5.77. The lowest BCUT2D eigenvalue weighted by molar-refractivity contribution is 0.0942. The number of hydrogen-bond acceptors (Lipinski definition) is 4. The summed E-state index contributed by atoms with van der Waals surface area (Å²) in [5.41, 5.74) is 2.61. The highest BCUT2D eigenvalue weighted by molar-refractivity contribution is 7.98. The van der Waals surface area contributed by atoms with Gasteiger partial charge in [0.15, 0.2) is 5.16 Å². The molecule has 1 unspecified atom stereocenters. The average molecular weight is 317 g/mol. The quantitative estimate of drug-likeness (QED) is 0.763. The van der Waals surface area contributed by atoms with Gasteiger partial charge in [0.2, 0.25) is 0 Å². The van der Waals surface area contributed by atoms with Crippen molar-refractivity contribution in [3.05, 3.63) is 41.2 Å². The SMILES string of the molecule is CCc1nnc(SCc2ccc(C)cc2)n1CC1CCCO1. The van der Waals surface area contributed by atoms with Crippen LogP contribution in [0.1, 0.15) is 36.7 Å². The number of hydrogen-bond donors (Lipinski definition) is 0. The van der Waals surface area contributed by atoms with Crippen LogP contribution in [0.15, 0.2) is 29.4 Å². The molecule has 0 N–H and O–H groups in total. The molecular formula is C17H23N3OS. The third-order valence-electron chi connectivity index (χ3n) is 4.01. The Morgan fingerprint density at radius 2 is 2.09 bits per heavy atom. The molecule has 1 fully saturated rings. The Morgan fingerprint density at radius 3 is 2.77 bits per heavy atom. The monoisotopic (exact) mass is 317 g/mol. The van der Waals surface area contributed by atoms with Gasteiger partial charge in [-0.3, -0.25) is 0 Å². The van der Waals surface area contributed by atoms with Gasteiger partial charge in [0.1, 0.15) is 5.82 Å². The predicted molar refractivity (Wildman–Crippen MR) is 89.1 cm³/mol. The number of rotatable bonds is 6. The van der Waals surface area contributed by atoms with Crippen LogP contribution in [0.5, 0.6) is 0 Å². The van der Waals surface area contributed by atoms with E-state index in [-0.39, 0.29) is 0 Å². The first-order valence-electron chi connectivity index (χ1n) is 7.98. The minimum atomic E-state index is 0.319. The largest absolute Gasteiger partial charge is 0.376 e. The number of aromatic nitrogens is 3. The highest BCUT2D eigenvalue weighted by Crippen LogP contribution is 2.24. The van der Waals surface area contributed by atoms with Gasteiger partial charge in [-0.2, -0.15) is 0 Å². The van der Waals surface area contributed by atoms with Gasteiger partial charge in [0.25, 0.3) is 0 Å². The van der Waals surface area contributed by atoms with Gasteiger partial charge >= 0.3 is 0 Å². The molecule has 2 aromatic rings. The molecule has 22 heavy (non-hydrogen) atoms. The van der Waals surface area contributed by atoms with Gasteiger partial charge in [-0.1, -0.05) is 48.5 Å². The van der Waals surface area contributed by atoms with E-state index >= 15 is 0 Å². The molecule has 0 aliphatic carbocycles. The number of ether oxygens (including phenoxy) is 1. The van der Waals surface area contributed by atoms with Crippen LogP contribution in [0.3, 0.4) is 0 Å². The summed E-state index contributed by atoms with van der Waals surface area (Å²) in [5.74, 6) is 1.98. The van der Waals surface area contributed by atoms with E-state index in [0.717, 1.165) is 42.7 Å². The van der Waals surface area contributed by atoms with Gasteiger partial charge in [-0.05, 0) is 25.3 Å². The van der Waals surface area contributed by atoms with Crippen LogP contribution >= 0.6 is 11.8 Å². The third kappa shape index (κ3) is 3.70. The Labute approximate surface area is 136 Å². The Hall–Kier alpha value is -1.33. The molecule has 2 heterocycles. The smallest absolute Gasteiger partial charge is 0.191 e. The molecule has 1 aliphatic rings. The highest BCUT2D eigenvalue weighted by atomic mass is 32.2. The van der Waals surface area contributed by atoms with Gasteiger partial charge in [-0.15, -0.1) is 10.2 Å². The fourth-order valence-electron chi connectivity index (χ4n) is 2.69. The van der Waals surface area contributed by atoms with Crippen LogP contribution < -0.4 is 0 Å². The zero-order valence-corrected chi connectivity index (χ0v) is 14.1. The molecular weight excluding hydrogens is 294 g/mol. The van der Waals surface area contributed by atoms with E-state index in [1.54, 1.807) is 11.8 Å². The molecule has 1 atom stereocenters. The summed E-state index contributed by atoms with van der Waals surface area (Å²) in [5, 5.41) is 9.73. The second-order valence-corrected chi connectivity index (χ2v) is 6.71. The van der Waals surface area contributed by atoms with Crippen LogP contribution in [0.4, 0.5) is 0 Å². The number of nitrogens with zero attached hydrogens (tertiary/aromatic N) is 3. The Balaban J connectivity index is 1.69. The molecule has 118 valence electrons. The number of thioether (sulfide) groups is 1. The van der Waals surface area contributed by atoms with Crippen LogP contribution in [0, 0.1) is 6.92 Å². The molecule has 1 saturated heterocycles. The lowest BCUT2D eigenvalue weighted by Crippen LogP contribution is -2.17. The topological polar surface area (TPSA) is 39.9 Å². The van der Waals surface area contributed by atoms with Crippen LogP contribution in [-0.4, -0.2) is 27.5 Å². The summed E-state index contributed by atoms with van der Waals surface area (Å²) in [6.45, 7) is 6.01. The standard InChI is InChI=1S/C17H23N3OS/c1-3-16-18-19-17(20(16)11-15-5-4-10-21-15)22-12-14-8-6-13(2)7-9-14/h6-9,15H,3-5,10-12H2,1-2H3. The van der Waals surface area contributed by atoms with Crippen molar-refractivity contribution in [1.29, 1.82) is 0 Å². The van der Waals surface area contributed by atoms with E-state index in [4.69, 9.17) is 4.74 Å². The van der Waals surface area contributed by atoms with Gasteiger partial charge in [0.05, 0.1) is 12.6 Å². The first kappa shape index (κ1) is 15.6. The molecule has 0 spiro atoms. The van der Waals surface area contributed by atoms with Gasteiger partial charge in [0, 0.05) is 18.8 Å². The second kappa shape index (κ2) is 7.29. The lowest BCUT2D eigenvalue weighted by Gasteiger charge is -2.14. The highest BCUT2D eigenvalue weighted by Gasteiger charge is 2.20. The molecule has 0 bridgehead atoms. The minimum Gasteiger partial charge on any atom is -0.376 e. The maximum absolute atomic E-state index is 5.77. The van der Waals surface area contributed by atoms with E-state index in [1.807, 2.05) is 0 Å². The van der Waals surface area contributed by atoms with Crippen LogP contribution in [0.2, 0.25) is 0 Å². The summed E-state index contributed by atoms with van der Waals surface area (Å²) in [6, 6.07) is 8.68. The zero-order chi connectivity index (χ0) is 15.4. The van der Waals surface area contributed by atoms with E-state index in [9.17, 15) is 0 Å². The first-order valence-corrected chi connectivity index (χ1v) is 8.97. The molecule has 1 aliphatic heterocycles. The molecule has 4 nitrogen and oxygen atoms in total. The number of benzene rings is 1. The molecule has 1 aromatic carbocycles. The van der Waals surface area contributed by atoms with Crippen molar-refractivity contribution < 1.29 is 4.74 Å². The van der Waals surface area contributed by atoms with E-state index in [1.165, 1.54) is 17.5 Å². The van der Waals surface area contributed by atoms with Crippen LogP contribution in [-0.2, 0) is 23.5 Å². The first-order chi connectivity index (χ1) is 10.8. The average Bonchev–Trinajstić information content (AvgIpc) is 3.17. The summed E-state index contributed by atoms with van der Waals surface area (Å²) in [7, 11) is 0. The summed E-state index contributed by atoms with van der Waals surface area (Å²) in [6.07, 6.45) is 3.54. The van der Waals surface area contributed by atoms with Gasteiger partial charge in [-0.25, -0.2) is 0 Å². The van der Waals surface area contributed by atoms with E-state index in [2.05, 4.69) is 52.9 Å². The van der Waals surface area contributed by atoms with Crippen LogP contribution in [0.25, 0.3) is 0 Å².